The maximum absolute atomic E-state index is 11.9. The van der Waals surface area contributed by atoms with Gasteiger partial charge in [-0.25, -0.2) is 0 Å². The summed E-state index contributed by atoms with van der Waals surface area (Å²) in [5, 5.41) is 7.79. The maximum Gasteiger partial charge on any atom is 0.332 e. The summed E-state index contributed by atoms with van der Waals surface area (Å²) in [6.07, 6.45) is -1.08. The van der Waals surface area contributed by atoms with Gasteiger partial charge in [-0.15, -0.1) is 0 Å². The molecule has 0 radical (unpaired) electrons. The second-order valence-corrected chi connectivity index (χ2v) is 6.10. The Balaban J connectivity index is 2.35. The smallest absolute Gasteiger partial charge is 0.332 e. The lowest BCUT2D eigenvalue weighted by Crippen LogP contribution is -2.35. The zero-order valence-corrected chi connectivity index (χ0v) is 12.0. The molecule has 0 amide bonds. The normalized spacial score (nSPS) is 12.8. The first-order valence-corrected chi connectivity index (χ1v) is 7.67. The summed E-state index contributed by atoms with van der Waals surface area (Å²) < 4.78 is 36.3. The Morgan fingerprint density at radius 1 is 1.09 bits per heavy atom. The number of hydrogen-bond acceptors (Lipinski definition) is 5. The number of aliphatic carboxylic acids is 1. The maximum atomic E-state index is 11.9. The molecule has 116 valence electrons. The molecule has 1 atom stereocenters. The molecule has 7 nitrogen and oxygen atoms in total. The molecule has 8 heteroatoms. The van der Waals surface area contributed by atoms with Gasteiger partial charge in [-0.2, -0.15) is 8.42 Å². The molecule has 0 saturated carbocycles. The molecule has 0 heterocycles. The average molecular weight is 324 g/mol. The van der Waals surface area contributed by atoms with E-state index in [1.807, 2.05) is 0 Å². The van der Waals surface area contributed by atoms with Crippen LogP contribution in [0.4, 0.5) is 0 Å². The highest BCUT2D eigenvalue weighted by molar-refractivity contribution is 7.87. The van der Waals surface area contributed by atoms with E-state index in [1.165, 1.54) is 6.07 Å². The second kappa shape index (κ2) is 6.12. The van der Waals surface area contributed by atoms with Crippen LogP contribution in [0.15, 0.2) is 42.5 Å². The van der Waals surface area contributed by atoms with E-state index in [9.17, 15) is 18.0 Å². The third-order valence-electron chi connectivity index (χ3n) is 2.94. The minimum Gasteiger partial charge on any atom is -0.481 e. The first-order chi connectivity index (χ1) is 10.3. The average Bonchev–Trinajstić information content (AvgIpc) is 2.44. The molecule has 0 aliphatic rings. The lowest BCUT2D eigenvalue weighted by molar-refractivity contribution is -0.141. The molecule has 2 rings (SSSR count). The Morgan fingerprint density at radius 3 is 2.36 bits per heavy atom. The first-order valence-electron chi connectivity index (χ1n) is 6.16. The number of carbonyl (C=O) groups excluding carboxylic acids is 1. The Bertz CT molecular complexity index is 821. The first kappa shape index (κ1) is 15.9. The zero-order chi connectivity index (χ0) is 16.3. The molecule has 0 aliphatic heterocycles. The molecule has 0 spiro atoms. The summed E-state index contributed by atoms with van der Waals surface area (Å²) in [4.78, 5) is 22.6. The predicted molar refractivity (Wildman–Crippen MR) is 77.2 cm³/mol. The van der Waals surface area contributed by atoms with Gasteiger partial charge in [-0.05, 0) is 11.5 Å². The van der Waals surface area contributed by atoms with Crippen molar-refractivity contribution in [2.75, 3.05) is 0 Å². The quantitative estimate of drug-likeness (QED) is 0.486. The van der Waals surface area contributed by atoms with Crippen LogP contribution in [0.5, 0.6) is 5.75 Å². The molecule has 22 heavy (non-hydrogen) atoms. The van der Waals surface area contributed by atoms with Crippen molar-refractivity contribution in [1.29, 1.82) is 0 Å². The van der Waals surface area contributed by atoms with Crippen molar-refractivity contribution in [2.45, 2.75) is 11.7 Å². The number of fused-ring (bicyclic) bond motifs is 1. The van der Waals surface area contributed by atoms with Crippen molar-refractivity contribution in [3.63, 3.8) is 0 Å². The van der Waals surface area contributed by atoms with E-state index < -0.39 is 33.7 Å². The number of carbonyl (C=O) groups is 2. The van der Waals surface area contributed by atoms with Crippen LogP contribution in [-0.4, -0.2) is 35.3 Å². The summed E-state index contributed by atoms with van der Waals surface area (Å²) in [5.41, 5.74) is 0. The lowest BCUT2D eigenvalue weighted by atomic mass is 10.1. The summed E-state index contributed by atoms with van der Waals surface area (Å²) in [7, 11) is -4.89. The molecule has 2 aromatic carbocycles. The minimum atomic E-state index is -4.89. The van der Waals surface area contributed by atoms with Crippen LogP contribution in [0.25, 0.3) is 10.8 Å². The molecular weight excluding hydrogens is 312 g/mol. The van der Waals surface area contributed by atoms with Gasteiger partial charge in [0.1, 0.15) is 5.75 Å². The summed E-state index contributed by atoms with van der Waals surface area (Å²) in [6, 6.07) is 11.7. The molecule has 0 aliphatic carbocycles. The van der Waals surface area contributed by atoms with Gasteiger partial charge in [0.15, 0.2) is 5.25 Å². The van der Waals surface area contributed by atoms with E-state index in [0.717, 1.165) is 5.39 Å². The zero-order valence-electron chi connectivity index (χ0n) is 11.2. The molecule has 0 saturated heterocycles. The number of carboxylic acids is 1. The second-order valence-electron chi connectivity index (χ2n) is 4.50. The lowest BCUT2D eigenvalue weighted by Gasteiger charge is -2.12. The van der Waals surface area contributed by atoms with Crippen molar-refractivity contribution in [3.05, 3.63) is 42.5 Å². The Hall–Kier alpha value is -2.45. The van der Waals surface area contributed by atoms with E-state index in [-0.39, 0.29) is 5.75 Å². The van der Waals surface area contributed by atoms with Crippen LogP contribution in [0.3, 0.4) is 0 Å². The van der Waals surface area contributed by atoms with Crippen molar-refractivity contribution >= 4 is 32.8 Å². The van der Waals surface area contributed by atoms with Crippen LogP contribution in [-0.2, 0) is 19.7 Å². The number of hydrogen-bond donors (Lipinski definition) is 2. The molecule has 2 N–H and O–H groups in total. The van der Waals surface area contributed by atoms with Crippen LogP contribution in [0.2, 0.25) is 0 Å². The van der Waals surface area contributed by atoms with Crippen LogP contribution in [0, 0.1) is 0 Å². The fourth-order valence-corrected chi connectivity index (χ4v) is 2.57. The highest BCUT2D eigenvalue weighted by Crippen LogP contribution is 2.26. The molecule has 0 bridgehead atoms. The number of benzene rings is 2. The predicted octanol–water partition coefficient (Wildman–Crippen LogP) is 1.48. The van der Waals surface area contributed by atoms with E-state index in [1.54, 1.807) is 36.4 Å². The van der Waals surface area contributed by atoms with Crippen molar-refractivity contribution in [2.24, 2.45) is 0 Å². The largest absolute Gasteiger partial charge is 0.481 e. The summed E-state index contributed by atoms with van der Waals surface area (Å²) in [5.74, 6) is -2.80. The van der Waals surface area contributed by atoms with E-state index in [4.69, 9.17) is 14.4 Å². The van der Waals surface area contributed by atoms with Gasteiger partial charge >= 0.3 is 11.9 Å². The Labute approximate surface area is 125 Å². The van der Waals surface area contributed by atoms with E-state index in [2.05, 4.69) is 0 Å². The van der Waals surface area contributed by atoms with Crippen LogP contribution in [0.1, 0.15) is 6.42 Å². The molecule has 2 aromatic rings. The van der Waals surface area contributed by atoms with E-state index >= 15 is 0 Å². The topological polar surface area (TPSA) is 118 Å². The Kier molecular flexibility index (Phi) is 4.43. The molecular formula is C14H12O7S. The van der Waals surface area contributed by atoms with Gasteiger partial charge in [-0.3, -0.25) is 14.1 Å². The highest BCUT2D eigenvalue weighted by atomic mass is 32.2. The SMILES string of the molecule is O=C(O)CC(C(=O)Oc1cccc2ccccc12)S(=O)(=O)O. The number of ether oxygens (including phenoxy) is 1. The number of esters is 1. The highest BCUT2D eigenvalue weighted by Gasteiger charge is 2.35. The van der Waals surface area contributed by atoms with Gasteiger partial charge in [0.2, 0.25) is 0 Å². The molecule has 1 unspecified atom stereocenters. The van der Waals surface area contributed by atoms with Gasteiger partial charge in [0, 0.05) is 5.39 Å². The molecule has 0 fully saturated rings. The monoisotopic (exact) mass is 324 g/mol. The van der Waals surface area contributed by atoms with Gasteiger partial charge in [0.05, 0.1) is 6.42 Å². The third kappa shape index (κ3) is 3.60. The summed E-state index contributed by atoms with van der Waals surface area (Å²) in [6.45, 7) is 0. The minimum absolute atomic E-state index is 0.0853. The fourth-order valence-electron chi connectivity index (χ4n) is 1.93. The van der Waals surface area contributed by atoms with Crippen LogP contribution < -0.4 is 4.74 Å². The number of carboxylic acid groups (broad SMARTS) is 1. The summed E-state index contributed by atoms with van der Waals surface area (Å²) >= 11 is 0. The van der Waals surface area contributed by atoms with Crippen molar-refractivity contribution < 1.29 is 32.4 Å². The van der Waals surface area contributed by atoms with E-state index in [0.29, 0.717) is 5.39 Å². The van der Waals surface area contributed by atoms with Gasteiger partial charge in [-0.1, -0.05) is 36.4 Å². The standard InChI is InChI=1S/C14H12O7S/c15-13(16)8-12(22(18,19)20)14(17)21-11-7-3-5-9-4-1-2-6-10(9)11/h1-7,12H,8H2,(H,15,16)(H,18,19,20). The van der Waals surface area contributed by atoms with Crippen LogP contribution >= 0.6 is 0 Å². The fraction of sp³-hybridized carbons (Fsp3) is 0.143. The molecule has 0 aromatic heterocycles. The van der Waals surface area contributed by atoms with Gasteiger partial charge in [0.25, 0.3) is 10.1 Å². The Morgan fingerprint density at radius 2 is 1.73 bits per heavy atom. The van der Waals surface area contributed by atoms with Gasteiger partial charge < -0.3 is 9.84 Å². The number of rotatable bonds is 5. The van der Waals surface area contributed by atoms with Crippen molar-refractivity contribution in [1.82, 2.24) is 0 Å². The van der Waals surface area contributed by atoms with Crippen molar-refractivity contribution in [3.8, 4) is 5.75 Å². The third-order valence-corrected chi connectivity index (χ3v) is 4.02.